The molecule has 0 aliphatic rings. The summed E-state index contributed by atoms with van der Waals surface area (Å²) in [6.07, 6.45) is -5.35. The Balaban J connectivity index is 1.70. The van der Waals surface area contributed by atoms with Gasteiger partial charge in [0.2, 0.25) is 5.95 Å². The number of pyridine rings is 3. The van der Waals surface area contributed by atoms with Crippen molar-refractivity contribution in [3.05, 3.63) is 66.2 Å². The first kappa shape index (κ1) is 20.4. The van der Waals surface area contributed by atoms with Crippen molar-refractivity contribution in [2.75, 3.05) is 5.32 Å². The highest BCUT2D eigenvalue weighted by Crippen LogP contribution is 2.36. The Morgan fingerprint density at radius 2 is 1.48 bits per heavy atom. The number of rotatable bonds is 3. The number of anilines is 2. The van der Waals surface area contributed by atoms with Gasteiger partial charge in [-0.05, 0) is 30.3 Å². The number of fused-ring (bicyclic) bond motifs is 1. The summed E-state index contributed by atoms with van der Waals surface area (Å²) in [6, 6.07) is 6.41. The van der Waals surface area contributed by atoms with Crippen LogP contribution in [0.4, 0.5) is 38.0 Å². The average molecular weight is 436 g/mol. The highest BCUT2D eigenvalue weighted by atomic mass is 19.4. The van der Waals surface area contributed by atoms with Gasteiger partial charge in [0.1, 0.15) is 5.69 Å². The highest BCUT2D eigenvalue weighted by molar-refractivity contribution is 5.91. The van der Waals surface area contributed by atoms with E-state index in [0.29, 0.717) is 23.5 Å². The fourth-order valence-corrected chi connectivity index (χ4v) is 2.77. The number of halogens is 6. The van der Waals surface area contributed by atoms with Gasteiger partial charge in [-0.3, -0.25) is 4.98 Å². The van der Waals surface area contributed by atoms with Crippen LogP contribution in [0.15, 0.2) is 55.1 Å². The molecule has 0 aliphatic carbocycles. The summed E-state index contributed by atoms with van der Waals surface area (Å²) in [5.74, 6) is -0.103. The van der Waals surface area contributed by atoms with Crippen LogP contribution in [0.1, 0.15) is 11.1 Å². The van der Waals surface area contributed by atoms with E-state index >= 15 is 0 Å². The lowest BCUT2D eigenvalue weighted by Crippen LogP contribution is -2.09. The maximum Gasteiger partial charge on any atom is 0.419 e. The largest absolute Gasteiger partial charge is 0.419 e. The molecule has 158 valence electrons. The lowest BCUT2D eigenvalue weighted by molar-refractivity contribution is -0.138. The van der Waals surface area contributed by atoms with Gasteiger partial charge < -0.3 is 5.32 Å². The smallest absolute Gasteiger partial charge is 0.323 e. The van der Waals surface area contributed by atoms with Gasteiger partial charge in [0, 0.05) is 30.2 Å². The molecule has 1 N–H and O–H groups in total. The average Bonchev–Trinajstić information content (AvgIpc) is 2.73. The number of nitrogens with zero attached hydrogens (tertiary/aromatic N) is 5. The van der Waals surface area contributed by atoms with E-state index < -0.39 is 23.5 Å². The van der Waals surface area contributed by atoms with Crippen LogP contribution in [0.5, 0.6) is 0 Å². The van der Waals surface area contributed by atoms with E-state index in [0.717, 1.165) is 6.07 Å². The van der Waals surface area contributed by atoms with E-state index in [4.69, 9.17) is 0 Å². The molecule has 0 spiro atoms. The van der Waals surface area contributed by atoms with Crippen LogP contribution >= 0.6 is 0 Å². The van der Waals surface area contributed by atoms with Crippen LogP contribution in [0, 0.1) is 0 Å². The predicted octanol–water partition coefficient (Wildman–Crippen LogP) is 5.26. The second-order valence-corrected chi connectivity index (χ2v) is 6.24. The van der Waals surface area contributed by atoms with Gasteiger partial charge in [0.05, 0.1) is 22.5 Å². The third-order valence-electron chi connectivity index (χ3n) is 4.18. The zero-order valence-corrected chi connectivity index (χ0v) is 15.2. The summed E-state index contributed by atoms with van der Waals surface area (Å²) in [5.41, 5.74) is -1.85. The van der Waals surface area contributed by atoms with Gasteiger partial charge in [-0.1, -0.05) is 0 Å². The number of alkyl halides is 6. The Hall–Kier alpha value is -3.83. The first-order chi connectivity index (χ1) is 14.6. The number of hydrogen-bond acceptors (Lipinski definition) is 6. The molecule has 0 radical (unpaired) electrons. The highest BCUT2D eigenvalue weighted by Gasteiger charge is 2.34. The van der Waals surface area contributed by atoms with Crippen molar-refractivity contribution < 1.29 is 26.3 Å². The Morgan fingerprint density at radius 3 is 2.16 bits per heavy atom. The second kappa shape index (κ2) is 7.45. The number of nitrogens with one attached hydrogen (secondary N) is 1. The topological polar surface area (TPSA) is 76.5 Å². The second-order valence-electron chi connectivity index (χ2n) is 6.24. The van der Waals surface area contributed by atoms with E-state index in [9.17, 15) is 26.3 Å². The first-order valence-electron chi connectivity index (χ1n) is 8.57. The maximum atomic E-state index is 13.3. The third kappa shape index (κ3) is 4.22. The molecule has 0 atom stereocenters. The molecule has 12 heteroatoms. The number of aromatic nitrogens is 5. The fourth-order valence-electron chi connectivity index (χ4n) is 2.77. The zero-order valence-electron chi connectivity index (χ0n) is 15.2. The first-order valence-corrected chi connectivity index (χ1v) is 8.57. The summed E-state index contributed by atoms with van der Waals surface area (Å²) < 4.78 is 77.8. The van der Waals surface area contributed by atoms with E-state index in [1.54, 1.807) is 0 Å². The van der Waals surface area contributed by atoms with Gasteiger partial charge in [0.25, 0.3) is 0 Å². The third-order valence-corrected chi connectivity index (χ3v) is 4.18. The molecular formula is C19H10F6N6. The van der Waals surface area contributed by atoms with Crippen LogP contribution in [0.3, 0.4) is 0 Å². The van der Waals surface area contributed by atoms with Gasteiger partial charge in [0.15, 0.2) is 5.65 Å². The van der Waals surface area contributed by atoms with Gasteiger partial charge in [-0.2, -0.15) is 26.3 Å². The molecule has 0 unspecified atom stereocenters. The summed E-state index contributed by atoms with van der Waals surface area (Å²) in [4.78, 5) is 19.3. The summed E-state index contributed by atoms with van der Waals surface area (Å²) in [6.45, 7) is 0. The number of hydrogen-bond donors (Lipinski definition) is 1. The Kier molecular flexibility index (Phi) is 4.91. The molecule has 4 aromatic heterocycles. The van der Waals surface area contributed by atoms with Crippen molar-refractivity contribution in [3.63, 3.8) is 0 Å². The molecule has 0 fully saturated rings. The minimum absolute atomic E-state index is 0.0316. The summed E-state index contributed by atoms with van der Waals surface area (Å²) in [5, 5.41) is 3.16. The van der Waals surface area contributed by atoms with Crippen LogP contribution in [0.25, 0.3) is 22.4 Å². The van der Waals surface area contributed by atoms with E-state index in [-0.39, 0.29) is 23.0 Å². The lowest BCUT2D eigenvalue weighted by atomic mass is 10.1. The lowest BCUT2D eigenvalue weighted by Gasteiger charge is -2.12. The van der Waals surface area contributed by atoms with Crippen molar-refractivity contribution in [3.8, 4) is 11.4 Å². The van der Waals surface area contributed by atoms with Gasteiger partial charge >= 0.3 is 12.4 Å². The van der Waals surface area contributed by atoms with Crippen LogP contribution in [-0.4, -0.2) is 24.9 Å². The standard InChI is InChI=1S/C19H10F6N6/c20-18(21,22)10-8-28-17(29-9-10)31-13-5-7-27-16-11(13)3-4-14(30-16)15-12(19(23,24)25)2-1-6-26-15/h1-9H,(H,27,28,29,30,31). The molecular weight excluding hydrogens is 426 g/mol. The van der Waals surface area contributed by atoms with Gasteiger partial charge in [-0.25, -0.2) is 19.9 Å². The Bertz CT molecular complexity index is 1240. The van der Waals surface area contributed by atoms with Crippen LogP contribution < -0.4 is 5.32 Å². The van der Waals surface area contributed by atoms with Crippen molar-refractivity contribution in [2.45, 2.75) is 12.4 Å². The molecule has 4 rings (SSSR count). The van der Waals surface area contributed by atoms with E-state index in [2.05, 4.69) is 30.2 Å². The quantitative estimate of drug-likeness (QED) is 0.442. The molecule has 31 heavy (non-hydrogen) atoms. The molecule has 0 amide bonds. The molecule has 0 saturated carbocycles. The van der Waals surface area contributed by atoms with Crippen molar-refractivity contribution in [2.24, 2.45) is 0 Å². The van der Waals surface area contributed by atoms with Gasteiger partial charge in [-0.15, -0.1) is 0 Å². The van der Waals surface area contributed by atoms with Crippen LogP contribution in [0.2, 0.25) is 0 Å². The zero-order chi connectivity index (χ0) is 22.2. The van der Waals surface area contributed by atoms with Crippen molar-refractivity contribution >= 4 is 22.7 Å². The van der Waals surface area contributed by atoms with E-state index in [1.165, 1.54) is 36.7 Å². The summed E-state index contributed by atoms with van der Waals surface area (Å²) in [7, 11) is 0. The maximum absolute atomic E-state index is 13.3. The Morgan fingerprint density at radius 1 is 0.742 bits per heavy atom. The molecule has 0 aliphatic heterocycles. The predicted molar refractivity (Wildman–Crippen MR) is 98.1 cm³/mol. The minimum atomic E-state index is -4.61. The van der Waals surface area contributed by atoms with E-state index in [1.807, 2.05) is 0 Å². The monoisotopic (exact) mass is 436 g/mol. The normalized spacial score (nSPS) is 12.2. The van der Waals surface area contributed by atoms with Crippen molar-refractivity contribution in [1.82, 2.24) is 24.9 Å². The molecule has 4 aromatic rings. The van der Waals surface area contributed by atoms with Crippen LogP contribution in [-0.2, 0) is 12.4 Å². The molecule has 0 saturated heterocycles. The van der Waals surface area contributed by atoms with Crippen molar-refractivity contribution in [1.29, 1.82) is 0 Å². The molecule has 0 bridgehead atoms. The Labute approximate surface area is 170 Å². The molecule has 6 nitrogen and oxygen atoms in total. The fraction of sp³-hybridized carbons (Fsp3) is 0.105. The summed E-state index contributed by atoms with van der Waals surface area (Å²) >= 11 is 0. The molecule has 0 aromatic carbocycles. The SMILES string of the molecule is FC(F)(F)c1cnc(Nc2ccnc3nc(-c4ncccc4C(F)(F)F)ccc23)nc1. The molecule has 4 heterocycles. The minimum Gasteiger partial charge on any atom is -0.323 e.